The van der Waals surface area contributed by atoms with Crippen LogP contribution in [0.2, 0.25) is 0 Å². The smallest absolute Gasteiger partial charge is 0.255 e. The van der Waals surface area contributed by atoms with Gasteiger partial charge in [-0.25, -0.2) is 4.98 Å². The van der Waals surface area contributed by atoms with Gasteiger partial charge >= 0.3 is 0 Å². The quantitative estimate of drug-likeness (QED) is 0.930. The zero-order chi connectivity index (χ0) is 17.1. The van der Waals surface area contributed by atoms with E-state index in [0.29, 0.717) is 24.6 Å². The van der Waals surface area contributed by atoms with Crippen LogP contribution in [0.4, 0.5) is 11.5 Å². The van der Waals surface area contributed by atoms with Gasteiger partial charge in [0.15, 0.2) is 11.5 Å². The first-order chi connectivity index (χ1) is 12.3. The number of anilines is 2. The first-order valence-corrected chi connectivity index (χ1v) is 8.71. The van der Waals surface area contributed by atoms with Crippen LogP contribution in [0.5, 0.6) is 11.5 Å². The largest absolute Gasteiger partial charge is 0.486 e. The summed E-state index contributed by atoms with van der Waals surface area (Å²) >= 11 is 0. The van der Waals surface area contributed by atoms with Gasteiger partial charge in [0, 0.05) is 31.0 Å². The summed E-state index contributed by atoms with van der Waals surface area (Å²) in [5.41, 5.74) is 1.50. The van der Waals surface area contributed by atoms with Crippen LogP contribution in [0.15, 0.2) is 36.5 Å². The number of fused-ring (bicyclic) bond motifs is 1. The average Bonchev–Trinajstić information content (AvgIpc) is 2.69. The molecule has 6 heteroatoms. The van der Waals surface area contributed by atoms with Crippen molar-refractivity contribution in [1.82, 2.24) is 9.88 Å². The average molecular weight is 339 g/mol. The predicted octanol–water partition coefficient (Wildman–Crippen LogP) is 3.22. The van der Waals surface area contributed by atoms with Crippen molar-refractivity contribution < 1.29 is 14.3 Å². The Bertz CT molecular complexity index is 755. The van der Waals surface area contributed by atoms with Crippen LogP contribution < -0.4 is 14.8 Å². The molecule has 0 aliphatic carbocycles. The molecule has 0 atom stereocenters. The Kier molecular flexibility index (Phi) is 4.41. The Labute approximate surface area is 146 Å². The Morgan fingerprint density at radius 3 is 2.56 bits per heavy atom. The summed E-state index contributed by atoms with van der Waals surface area (Å²) in [6.45, 7) is 2.82. The highest BCUT2D eigenvalue weighted by atomic mass is 16.6. The molecule has 1 amide bonds. The molecular weight excluding hydrogens is 318 g/mol. The van der Waals surface area contributed by atoms with E-state index in [1.807, 2.05) is 35.2 Å². The summed E-state index contributed by atoms with van der Waals surface area (Å²) in [7, 11) is 0. The van der Waals surface area contributed by atoms with Crippen molar-refractivity contribution in [3.63, 3.8) is 0 Å². The van der Waals surface area contributed by atoms with Gasteiger partial charge in [0.2, 0.25) is 0 Å². The highest BCUT2D eigenvalue weighted by molar-refractivity contribution is 5.94. The fraction of sp³-hybridized carbons (Fsp3) is 0.368. The van der Waals surface area contributed by atoms with E-state index >= 15 is 0 Å². The van der Waals surface area contributed by atoms with Gasteiger partial charge in [-0.15, -0.1) is 0 Å². The molecule has 0 bridgehead atoms. The third-order valence-electron chi connectivity index (χ3n) is 4.47. The Morgan fingerprint density at radius 2 is 1.80 bits per heavy atom. The lowest BCUT2D eigenvalue weighted by atomic mass is 10.1. The molecule has 130 valence electrons. The van der Waals surface area contributed by atoms with Gasteiger partial charge in [0.1, 0.15) is 19.0 Å². The number of amides is 1. The van der Waals surface area contributed by atoms with Gasteiger partial charge in [-0.1, -0.05) is 0 Å². The van der Waals surface area contributed by atoms with Gasteiger partial charge in [-0.2, -0.15) is 0 Å². The molecule has 1 saturated heterocycles. The second-order valence-electron chi connectivity index (χ2n) is 6.27. The van der Waals surface area contributed by atoms with Gasteiger partial charge in [0.05, 0.1) is 5.56 Å². The summed E-state index contributed by atoms with van der Waals surface area (Å²) in [5.74, 6) is 2.24. The minimum absolute atomic E-state index is 0.0677. The number of benzene rings is 1. The molecule has 2 aliphatic heterocycles. The molecule has 25 heavy (non-hydrogen) atoms. The fourth-order valence-corrected chi connectivity index (χ4v) is 3.14. The number of aromatic nitrogens is 1. The molecule has 1 N–H and O–H groups in total. The lowest BCUT2D eigenvalue weighted by Gasteiger charge is -2.26. The molecule has 6 nitrogen and oxygen atoms in total. The van der Waals surface area contributed by atoms with E-state index in [-0.39, 0.29) is 5.91 Å². The minimum Gasteiger partial charge on any atom is -0.486 e. The molecule has 0 saturated carbocycles. The SMILES string of the molecule is O=C(c1ccc(Nc2ccc3c(c2)OCCO3)nc1)N1CCCCC1. The molecule has 2 aromatic rings. The Morgan fingerprint density at radius 1 is 1.00 bits per heavy atom. The standard InChI is InChI=1S/C19H21N3O3/c23-19(22-8-2-1-3-9-22)14-4-7-18(20-13-14)21-15-5-6-16-17(12-15)25-11-10-24-16/h4-7,12-13H,1-3,8-11H2,(H,20,21). The first-order valence-electron chi connectivity index (χ1n) is 8.71. The van der Waals surface area contributed by atoms with Gasteiger partial charge in [-0.3, -0.25) is 4.79 Å². The van der Waals surface area contributed by atoms with Crippen molar-refractivity contribution in [3.05, 3.63) is 42.1 Å². The summed E-state index contributed by atoms with van der Waals surface area (Å²) in [4.78, 5) is 18.7. The van der Waals surface area contributed by atoms with Crippen LogP contribution in [0.1, 0.15) is 29.6 Å². The molecule has 1 aromatic heterocycles. The molecule has 0 spiro atoms. The van der Waals surface area contributed by atoms with E-state index < -0.39 is 0 Å². The maximum atomic E-state index is 12.5. The predicted molar refractivity (Wildman–Crippen MR) is 94.7 cm³/mol. The van der Waals surface area contributed by atoms with Crippen LogP contribution in [0, 0.1) is 0 Å². The van der Waals surface area contributed by atoms with Gasteiger partial charge in [-0.05, 0) is 43.5 Å². The monoisotopic (exact) mass is 339 g/mol. The van der Waals surface area contributed by atoms with Crippen LogP contribution in [0.25, 0.3) is 0 Å². The second kappa shape index (κ2) is 7.01. The number of pyridine rings is 1. The summed E-state index contributed by atoms with van der Waals surface area (Å²) < 4.78 is 11.1. The molecule has 1 aromatic carbocycles. The number of carbonyl (C=O) groups excluding carboxylic acids is 1. The lowest BCUT2D eigenvalue weighted by molar-refractivity contribution is 0.0724. The zero-order valence-electron chi connectivity index (χ0n) is 14.0. The highest BCUT2D eigenvalue weighted by Gasteiger charge is 2.18. The maximum Gasteiger partial charge on any atom is 0.255 e. The van der Waals surface area contributed by atoms with Crippen molar-refractivity contribution in [2.45, 2.75) is 19.3 Å². The van der Waals surface area contributed by atoms with E-state index in [9.17, 15) is 4.79 Å². The minimum atomic E-state index is 0.0677. The van der Waals surface area contributed by atoms with E-state index in [1.165, 1.54) is 6.42 Å². The number of carbonyl (C=O) groups is 1. The summed E-state index contributed by atoms with van der Waals surface area (Å²) in [6, 6.07) is 9.34. The first kappa shape index (κ1) is 15.7. The number of rotatable bonds is 3. The third kappa shape index (κ3) is 3.52. The van der Waals surface area contributed by atoms with Gasteiger partial charge < -0.3 is 19.7 Å². The van der Waals surface area contributed by atoms with E-state index in [2.05, 4.69) is 10.3 Å². The molecular formula is C19H21N3O3. The summed E-state index contributed by atoms with van der Waals surface area (Å²) in [6.07, 6.45) is 5.02. The number of ether oxygens (including phenoxy) is 2. The van der Waals surface area contributed by atoms with Crippen LogP contribution in [-0.4, -0.2) is 42.1 Å². The lowest BCUT2D eigenvalue weighted by Crippen LogP contribution is -2.35. The Balaban J connectivity index is 1.44. The number of nitrogens with one attached hydrogen (secondary N) is 1. The number of piperidine rings is 1. The molecule has 2 aliphatic rings. The van der Waals surface area contributed by atoms with Crippen molar-refractivity contribution in [2.24, 2.45) is 0 Å². The molecule has 0 unspecified atom stereocenters. The van der Waals surface area contributed by atoms with Gasteiger partial charge in [0.25, 0.3) is 5.91 Å². The topological polar surface area (TPSA) is 63.7 Å². The maximum absolute atomic E-state index is 12.5. The van der Waals surface area contributed by atoms with Crippen LogP contribution in [-0.2, 0) is 0 Å². The summed E-state index contributed by atoms with van der Waals surface area (Å²) in [5, 5.41) is 3.23. The van der Waals surface area contributed by atoms with Crippen molar-refractivity contribution >= 4 is 17.4 Å². The van der Waals surface area contributed by atoms with E-state index in [0.717, 1.165) is 43.1 Å². The van der Waals surface area contributed by atoms with Crippen LogP contribution in [0.3, 0.4) is 0 Å². The van der Waals surface area contributed by atoms with Crippen molar-refractivity contribution in [1.29, 1.82) is 0 Å². The van der Waals surface area contributed by atoms with Crippen molar-refractivity contribution in [2.75, 3.05) is 31.6 Å². The second-order valence-corrected chi connectivity index (χ2v) is 6.27. The molecule has 0 radical (unpaired) electrons. The molecule has 3 heterocycles. The van der Waals surface area contributed by atoms with E-state index in [1.54, 1.807) is 6.20 Å². The molecule has 1 fully saturated rings. The Hall–Kier alpha value is -2.76. The van der Waals surface area contributed by atoms with Crippen LogP contribution >= 0.6 is 0 Å². The third-order valence-corrected chi connectivity index (χ3v) is 4.47. The number of hydrogen-bond donors (Lipinski definition) is 1. The van der Waals surface area contributed by atoms with E-state index in [4.69, 9.17) is 9.47 Å². The highest BCUT2D eigenvalue weighted by Crippen LogP contribution is 2.33. The number of nitrogens with zero attached hydrogens (tertiary/aromatic N) is 2. The number of hydrogen-bond acceptors (Lipinski definition) is 5. The zero-order valence-corrected chi connectivity index (χ0v) is 14.0. The molecule has 4 rings (SSSR count). The normalized spacial score (nSPS) is 16.4. The van der Waals surface area contributed by atoms with Crippen molar-refractivity contribution in [3.8, 4) is 11.5 Å². The number of likely N-dealkylation sites (tertiary alicyclic amines) is 1. The fourth-order valence-electron chi connectivity index (χ4n) is 3.14.